The van der Waals surface area contributed by atoms with Crippen LogP contribution in [0, 0.1) is 5.92 Å². The molecule has 22 heavy (non-hydrogen) atoms. The number of hydrogen-bond acceptors (Lipinski definition) is 3. The van der Waals surface area contributed by atoms with E-state index < -0.39 is 5.97 Å². The summed E-state index contributed by atoms with van der Waals surface area (Å²) in [7, 11) is 0. The smallest absolute Gasteiger partial charge is 0.340 e. The highest BCUT2D eigenvalue weighted by Gasteiger charge is 2.17. The maximum atomic E-state index is 12.1. The Hall–Kier alpha value is -1.84. The first-order valence-electron chi connectivity index (χ1n) is 8.26. The molecule has 0 saturated heterocycles. The maximum Gasteiger partial charge on any atom is 0.340 e. The lowest BCUT2D eigenvalue weighted by Gasteiger charge is -2.21. The Kier molecular flexibility index (Phi) is 6.44. The molecule has 4 heteroatoms. The summed E-state index contributed by atoms with van der Waals surface area (Å²) in [6.45, 7) is 2.09. The molecule has 0 aromatic heterocycles. The van der Waals surface area contributed by atoms with E-state index in [1.807, 2.05) is 0 Å². The number of benzene rings is 1. The number of carbonyl (C=O) groups excluding carboxylic acids is 2. The minimum Gasteiger partial charge on any atom is -0.462 e. The molecule has 0 radical (unpaired) electrons. The summed E-state index contributed by atoms with van der Waals surface area (Å²) in [4.78, 5) is 24.0. The highest BCUT2D eigenvalue weighted by Crippen LogP contribution is 2.27. The number of carbonyl (C=O) groups is 2. The molecule has 1 aromatic rings. The fourth-order valence-corrected chi connectivity index (χ4v) is 3.00. The van der Waals surface area contributed by atoms with E-state index in [9.17, 15) is 9.59 Å². The molecule has 1 aromatic carbocycles. The van der Waals surface area contributed by atoms with Crippen LogP contribution in [-0.4, -0.2) is 18.5 Å². The Bertz CT molecular complexity index is 507. The van der Waals surface area contributed by atoms with Crippen LogP contribution in [0.2, 0.25) is 0 Å². The number of rotatable bonds is 6. The van der Waals surface area contributed by atoms with Crippen molar-refractivity contribution in [3.8, 4) is 0 Å². The van der Waals surface area contributed by atoms with Crippen molar-refractivity contribution in [2.24, 2.45) is 5.92 Å². The van der Waals surface area contributed by atoms with Crippen molar-refractivity contribution in [2.75, 3.05) is 11.9 Å². The zero-order valence-electron chi connectivity index (χ0n) is 13.3. The van der Waals surface area contributed by atoms with E-state index in [1.54, 1.807) is 31.2 Å². The molecule has 4 nitrogen and oxygen atoms in total. The van der Waals surface area contributed by atoms with Gasteiger partial charge in [0.1, 0.15) is 0 Å². The van der Waals surface area contributed by atoms with Crippen LogP contribution in [0.3, 0.4) is 0 Å². The summed E-state index contributed by atoms with van der Waals surface area (Å²) < 4.78 is 5.02. The van der Waals surface area contributed by atoms with Crippen LogP contribution >= 0.6 is 0 Å². The van der Waals surface area contributed by atoms with Gasteiger partial charge in [-0.15, -0.1) is 0 Å². The monoisotopic (exact) mass is 303 g/mol. The van der Waals surface area contributed by atoms with Gasteiger partial charge in [0.2, 0.25) is 5.91 Å². The van der Waals surface area contributed by atoms with Crippen LogP contribution in [0.5, 0.6) is 0 Å². The van der Waals surface area contributed by atoms with Crippen molar-refractivity contribution >= 4 is 17.6 Å². The van der Waals surface area contributed by atoms with Gasteiger partial charge in [-0.25, -0.2) is 4.79 Å². The van der Waals surface area contributed by atoms with E-state index in [-0.39, 0.29) is 5.91 Å². The Labute approximate surface area is 132 Å². The lowest BCUT2D eigenvalue weighted by molar-refractivity contribution is -0.116. The minimum absolute atomic E-state index is 0.0256. The van der Waals surface area contributed by atoms with E-state index in [2.05, 4.69) is 5.32 Å². The third-order valence-electron chi connectivity index (χ3n) is 4.20. The van der Waals surface area contributed by atoms with E-state index in [1.165, 1.54) is 32.1 Å². The van der Waals surface area contributed by atoms with Crippen molar-refractivity contribution in [2.45, 2.75) is 51.9 Å². The van der Waals surface area contributed by atoms with Gasteiger partial charge in [-0.3, -0.25) is 4.79 Å². The second kappa shape index (κ2) is 8.57. The van der Waals surface area contributed by atoms with Crippen molar-refractivity contribution in [1.82, 2.24) is 0 Å². The van der Waals surface area contributed by atoms with Crippen molar-refractivity contribution in [3.63, 3.8) is 0 Å². The topological polar surface area (TPSA) is 55.4 Å². The SMILES string of the molecule is CCOC(=O)c1ccccc1NC(=O)CCC1CCCCC1. The fourth-order valence-electron chi connectivity index (χ4n) is 3.00. The number of nitrogens with one attached hydrogen (secondary N) is 1. The first-order valence-corrected chi connectivity index (χ1v) is 8.26. The van der Waals surface area contributed by atoms with Gasteiger partial charge < -0.3 is 10.1 Å². The molecule has 0 aliphatic heterocycles. The van der Waals surface area contributed by atoms with Crippen molar-refractivity contribution < 1.29 is 14.3 Å². The summed E-state index contributed by atoms with van der Waals surface area (Å²) >= 11 is 0. The number of ether oxygens (including phenoxy) is 1. The molecule has 1 saturated carbocycles. The molecule has 0 unspecified atom stereocenters. The van der Waals surface area contributed by atoms with Gasteiger partial charge in [-0.2, -0.15) is 0 Å². The van der Waals surface area contributed by atoms with Crippen molar-refractivity contribution in [1.29, 1.82) is 0 Å². The molecular weight excluding hydrogens is 278 g/mol. The lowest BCUT2D eigenvalue weighted by Crippen LogP contribution is -2.17. The third kappa shape index (κ3) is 4.86. The maximum absolute atomic E-state index is 12.1. The van der Waals surface area contributed by atoms with Crippen LogP contribution in [0.15, 0.2) is 24.3 Å². The predicted molar refractivity (Wildman–Crippen MR) is 86.8 cm³/mol. The molecule has 0 bridgehead atoms. The molecule has 0 atom stereocenters. The summed E-state index contributed by atoms with van der Waals surface area (Å²) in [5.41, 5.74) is 0.949. The summed E-state index contributed by atoms with van der Waals surface area (Å²) in [5.74, 6) is 0.257. The largest absolute Gasteiger partial charge is 0.462 e. The van der Waals surface area contributed by atoms with Crippen LogP contribution in [-0.2, 0) is 9.53 Å². The van der Waals surface area contributed by atoms with Crippen LogP contribution in [0.25, 0.3) is 0 Å². The van der Waals surface area contributed by atoms with E-state index in [0.717, 1.165) is 6.42 Å². The van der Waals surface area contributed by atoms with Crippen molar-refractivity contribution in [3.05, 3.63) is 29.8 Å². The standard InChI is InChI=1S/C18H25NO3/c1-2-22-18(21)15-10-6-7-11-16(15)19-17(20)13-12-14-8-4-3-5-9-14/h6-7,10-11,14H,2-5,8-9,12-13H2,1H3,(H,19,20). The second-order valence-electron chi connectivity index (χ2n) is 5.86. The Balaban J connectivity index is 1.89. The van der Waals surface area contributed by atoms with E-state index in [4.69, 9.17) is 4.74 Å². The van der Waals surface area contributed by atoms with E-state index >= 15 is 0 Å². The van der Waals surface area contributed by atoms with Gasteiger partial charge in [0.05, 0.1) is 17.9 Å². The third-order valence-corrected chi connectivity index (χ3v) is 4.20. The fraction of sp³-hybridized carbons (Fsp3) is 0.556. The van der Waals surface area contributed by atoms with E-state index in [0.29, 0.717) is 30.2 Å². The molecule has 1 fully saturated rings. The quantitative estimate of drug-likeness (QED) is 0.803. The number of hydrogen-bond donors (Lipinski definition) is 1. The Morgan fingerprint density at radius 1 is 1.18 bits per heavy atom. The molecular formula is C18H25NO3. The van der Waals surface area contributed by atoms with Gasteiger partial charge in [-0.1, -0.05) is 44.2 Å². The van der Waals surface area contributed by atoms with Crippen LogP contribution < -0.4 is 5.32 Å². The zero-order chi connectivity index (χ0) is 15.8. The molecule has 120 valence electrons. The number of para-hydroxylation sites is 1. The average Bonchev–Trinajstić information content (AvgIpc) is 2.54. The van der Waals surface area contributed by atoms with Crippen LogP contribution in [0.1, 0.15) is 62.2 Å². The minimum atomic E-state index is -0.398. The number of esters is 1. The lowest BCUT2D eigenvalue weighted by atomic mass is 9.86. The van der Waals surface area contributed by atoms with Gasteiger partial charge in [0.25, 0.3) is 0 Å². The zero-order valence-corrected chi connectivity index (χ0v) is 13.3. The molecule has 1 aliphatic carbocycles. The predicted octanol–water partition coefficient (Wildman–Crippen LogP) is 4.16. The first kappa shape index (κ1) is 16.5. The highest BCUT2D eigenvalue weighted by molar-refractivity contribution is 6.01. The van der Waals surface area contributed by atoms with Crippen LogP contribution in [0.4, 0.5) is 5.69 Å². The second-order valence-corrected chi connectivity index (χ2v) is 5.86. The molecule has 1 N–H and O–H groups in total. The molecule has 0 heterocycles. The Morgan fingerprint density at radius 3 is 2.64 bits per heavy atom. The van der Waals surface area contributed by atoms with Gasteiger partial charge in [-0.05, 0) is 31.4 Å². The first-order chi connectivity index (χ1) is 10.7. The molecule has 0 spiro atoms. The summed E-state index contributed by atoms with van der Waals surface area (Å²) in [6, 6.07) is 6.99. The molecule has 1 aliphatic rings. The summed E-state index contributed by atoms with van der Waals surface area (Å²) in [6.07, 6.45) is 7.85. The molecule has 2 rings (SSSR count). The average molecular weight is 303 g/mol. The van der Waals surface area contributed by atoms with Gasteiger partial charge in [0, 0.05) is 6.42 Å². The number of amides is 1. The highest BCUT2D eigenvalue weighted by atomic mass is 16.5. The Morgan fingerprint density at radius 2 is 1.91 bits per heavy atom. The summed E-state index contributed by atoms with van der Waals surface area (Å²) in [5, 5.41) is 2.85. The van der Waals surface area contributed by atoms with Gasteiger partial charge in [0.15, 0.2) is 0 Å². The molecule has 1 amide bonds. The van der Waals surface area contributed by atoms with Gasteiger partial charge >= 0.3 is 5.97 Å². The normalized spacial score (nSPS) is 15.3. The number of anilines is 1.